The molecule has 4 N–H and O–H groups in total. The van der Waals surface area contributed by atoms with Crippen molar-refractivity contribution < 1.29 is 24.7 Å². The second-order valence-electron chi connectivity index (χ2n) is 7.33. The van der Waals surface area contributed by atoms with Crippen LogP contribution in [0.3, 0.4) is 0 Å². The Bertz CT molecular complexity index is 483. The highest BCUT2D eigenvalue weighted by atomic mass is 16.5. The minimum absolute atomic E-state index is 0.188. The molecule has 0 aromatic heterocycles. The van der Waals surface area contributed by atoms with Gasteiger partial charge < -0.3 is 15.3 Å². The Balaban J connectivity index is 2.80. The van der Waals surface area contributed by atoms with Crippen LogP contribution in [0.4, 0.5) is 0 Å². The Labute approximate surface area is 155 Å². The molecule has 1 aliphatic rings. The van der Waals surface area contributed by atoms with Gasteiger partial charge in [-0.2, -0.15) is 0 Å². The van der Waals surface area contributed by atoms with Gasteiger partial charge in [-0.15, -0.1) is 0 Å². The first kappa shape index (κ1) is 22.4. The summed E-state index contributed by atoms with van der Waals surface area (Å²) in [5.74, 6) is -2.09. The third-order valence-electron chi connectivity index (χ3n) is 4.81. The molecule has 3 atom stereocenters. The fourth-order valence-corrected chi connectivity index (χ4v) is 3.21. The van der Waals surface area contributed by atoms with Crippen molar-refractivity contribution in [3.05, 3.63) is 0 Å². The van der Waals surface area contributed by atoms with Crippen molar-refractivity contribution >= 4 is 17.7 Å². The van der Waals surface area contributed by atoms with Crippen LogP contribution in [-0.4, -0.2) is 58.2 Å². The predicted molar refractivity (Wildman–Crippen MR) is 96.2 cm³/mol. The lowest BCUT2D eigenvalue weighted by Crippen LogP contribution is -2.51. The molecule has 8 heteroatoms. The molecule has 0 aromatic rings. The van der Waals surface area contributed by atoms with E-state index in [4.69, 9.17) is 5.21 Å². The minimum atomic E-state index is -1.63. The van der Waals surface area contributed by atoms with Gasteiger partial charge in [0.2, 0.25) is 11.8 Å². The van der Waals surface area contributed by atoms with Crippen LogP contribution >= 0.6 is 0 Å². The number of rotatable bonds is 10. The van der Waals surface area contributed by atoms with Crippen molar-refractivity contribution in [3.63, 3.8) is 0 Å². The summed E-state index contributed by atoms with van der Waals surface area (Å²) in [5.41, 5.74) is 1.40. The van der Waals surface area contributed by atoms with Gasteiger partial charge in [0.25, 0.3) is 5.91 Å². The number of aliphatic hydroxyl groups is 1. The number of hydrogen-bond donors (Lipinski definition) is 4. The number of nitrogens with zero attached hydrogens (tertiary/aromatic N) is 1. The van der Waals surface area contributed by atoms with E-state index in [0.717, 1.165) is 12.8 Å². The number of aliphatic hydroxyl groups excluding tert-OH is 1. The monoisotopic (exact) mass is 371 g/mol. The summed E-state index contributed by atoms with van der Waals surface area (Å²) in [6.07, 6.45) is 2.29. The van der Waals surface area contributed by atoms with Crippen LogP contribution in [0.15, 0.2) is 0 Å². The van der Waals surface area contributed by atoms with Crippen LogP contribution in [0.2, 0.25) is 0 Å². The molecule has 0 saturated carbocycles. The zero-order valence-corrected chi connectivity index (χ0v) is 16.0. The van der Waals surface area contributed by atoms with Crippen LogP contribution in [-0.2, 0) is 14.4 Å². The molecule has 0 aliphatic carbocycles. The topological polar surface area (TPSA) is 119 Å². The van der Waals surface area contributed by atoms with Gasteiger partial charge in [-0.25, -0.2) is 5.48 Å². The highest BCUT2D eigenvalue weighted by Gasteiger charge is 2.40. The van der Waals surface area contributed by atoms with Crippen molar-refractivity contribution in [2.45, 2.75) is 71.4 Å². The zero-order chi connectivity index (χ0) is 19.7. The van der Waals surface area contributed by atoms with Crippen molar-refractivity contribution in [1.29, 1.82) is 0 Å². The van der Waals surface area contributed by atoms with Gasteiger partial charge in [0.1, 0.15) is 12.1 Å². The number of hydrogen-bond acceptors (Lipinski definition) is 5. The lowest BCUT2D eigenvalue weighted by atomic mass is 9.93. The molecule has 1 saturated heterocycles. The van der Waals surface area contributed by atoms with Gasteiger partial charge in [0.15, 0.2) is 0 Å². The lowest BCUT2D eigenvalue weighted by molar-refractivity contribution is -0.152. The van der Waals surface area contributed by atoms with Crippen LogP contribution < -0.4 is 10.8 Å². The Morgan fingerprint density at radius 1 is 1.23 bits per heavy atom. The van der Waals surface area contributed by atoms with E-state index in [0.29, 0.717) is 44.7 Å². The standard InChI is InChI=1S/C18H33N3O5/c1-4-5-7-13(15(22)17(24)20-26)18(25)21-11-6-8-14(21)16(23)19-10-9-12(2)3/h12-15,22,26H,4-11H2,1-3H3,(H,19,23)(H,20,24). The molecular weight excluding hydrogens is 338 g/mol. The van der Waals surface area contributed by atoms with Crippen molar-refractivity contribution in [2.75, 3.05) is 13.1 Å². The van der Waals surface area contributed by atoms with Gasteiger partial charge in [0, 0.05) is 13.1 Å². The first-order chi connectivity index (χ1) is 12.3. The zero-order valence-electron chi connectivity index (χ0n) is 16.0. The summed E-state index contributed by atoms with van der Waals surface area (Å²) in [6.45, 7) is 7.08. The maximum atomic E-state index is 12.9. The van der Waals surface area contributed by atoms with Crippen LogP contribution in [0.25, 0.3) is 0 Å². The molecule has 1 aliphatic heterocycles. The normalized spacial score (nSPS) is 19.3. The Morgan fingerprint density at radius 3 is 2.50 bits per heavy atom. The van der Waals surface area contributed by atoms with E-state index < -0.39 is 29.9 Å². The van der Waals surface area contributed by atoms with Crippen LogP contribution in [0, 0.1) is 11.8 Å². The second-order valence-corrected chi connectivity index (χ2v) is 7.33. The predicted octanol–water partition coefficient (Wildman–Crippen LogP) is 0.812. The molecule has 26 heavy (non-hydrogen) atoms. The number of likely N-dealkylation sites (tertiary alicyclic amines) is 1. The van der Waals surface area contributed by atoms with E-state index in [2.05, 4.69) is 19.2 Å². The average Bonchev–Trinajstić information content (AvgIpc) is 3.10. The number of carbonyl (C=O) groups excluding carboxylic acids is 3. The molecule has 1 rings (SSSR count). The molecule has 3 unspecified atom stereocenters. The first-order valence-electron chi connectivity index (χ1n) is 9.53. The average molecular weight is 371 g/mol. The van der Waals surface area contributed by atoms with Gasteiger partial charge in [-0.1, -0.05) is 33.6 Å². The third-order valence-corrected chi connectivity index (χ3v) is 4.81. The number of hydroxylamine groups is 1. The van der Waals surface area contributed by atoms with Crippen LogP contribution in [0.1, 0.15) is 59.3 Å². The number of amides is 3. The SMILES string of the molecule is CCCCC(C(=O)N1CCCC1C(=O)NCCC(C)C)C(O)C(=O)NO. The smallest absolute Gasteiger partial charge is 0.272 e. The second kappa shape index (κ2) is 11.1. The maximum absolute atomic E-state index is 12.9. The summed E-state index contributed by atoms with van der Waals surface area (Å²) in [5, 5.41) is 21.8. The quantitative estimate of drug-likeness (QED) is 0.335. The molecule has 1 heterocycles. The van der Waals surface area contributed by atoms with Crippen molar-refractivity contribution in [2.24, 2.45) is 11.8 Å². The lowest BCUT2D eigenvalue weighted by Gasteiger charge is -2.30. The van der Waals surface area contributed by atoms with Gasteiger partial charge in [-0.05, 0) is 31.6 Å². The Kier molecular flexibility index (Phi) is 9.58. The largest absolute Gasteiger partial charge is 0.382 e. The highest BCUT2D eigenvalue weighted by Crippen LogP contribution is 2.24. The molecule has 0 aromatic carbocycles. The maximum Gasteiger partial charge on any atom is 0.272 e. The molecule has 150 valence electrons. The molecule has 0 spiro atoms. The number of nitrogens with one attached hydrogen (secondary N) is 2. The number of carbonyl (C=O) groups is 3. The van der Waals surface area contributed by atoms with Crippen molar-refractivity contribution in [3.8, 4) is 0 Å². The van der Waals surface area contributed by atoms with E-state index in [1.54, 1.807) is 0 Å². The third kappa shape index (κ3) is 6.25. The number of unbranched alkanes of at least 4 members (excludes halogenated alkanes) is 1. The fourth-order valence-electron chi connectivity index (χ4n) is 3.21. The molecule has 3 amide bonds. The van der Waals surface area contributed by atoms with Gasteiger partial charge in [-0.3, -0.25) is 19.6 Å². The molecular formula is C18H33N3O5. The van der Waals surface area contributed by atoms with Gasteiger partial charge >= 0.3 is 0 Å². The summed E-state index contributed by atoms with van der Waals surface area (Å²) in [6, 6.07) is -0.567. The Hall–Kier alpha value is -1.67. The first-order valence-corrected chi connectivity index (χ1v) is 9.53. The van der Waals surface area contributed by atoms with Gasteiger partial charge in [0.05, 0.1) is 5.92 Å². The van der Waals surface area contributed by atoms with E-state index >= 15 is 0 Å². The Morgan fingerprint density at radius 2 is 1.92 bits per heavy atom. The highest BCUT2D eigenvalue weighted by molar-refractivity contribution is 5.92. The summed E-state index contributed by atoms with van der Waals surface area (Å²) < 4.78 is 0. The molecule has 0 radical (unpaired) electrons. The van der Waals surface area contributed by atoms with Crippen LogP contribution in [0.5, 0.6) is 0 Å². The molecule has 1 fully saturated rings. The summed E-state index contributed by atoms with van der Waals surface area (Å²) in [4.78, 5) is 38.5. The summed E-state index contributed by atoms with van der Waals surface area (Å²) in [7, 11) is 0. The van der Waals surface area contributed by atoms with E-state index in [1.807, 2.05) is 6.92 Å². The van der Waals surface area contributed by atoms with E-state index in [9.17, 15) is 19.5 Å². The molecule has 8 nitrogen and oxygen atoms in total. The van der Waals surface area contributed by atoms with E-state index in [-0.39, 0.29) is 5.91 Å². The minimum Gasteiger partial charge on any atom is -0.382 e. The summed E-state index contributed by atoms with van der Waals surface area (Å²) >= 11 is 0. The van der Waals surface area contributed by atoms with Crippen molar-refractivity contribution in [1.82, 2.24) is 15.7 Å². The molecule has 0 bridgehead atoms. The fraction of sp³-hybridized carbons (Fsp3) is 0.833. The van der Waals surface area contributed by atoms with E-state index in [1.165, 1.54) is 10.4 Å².